The molecule has 0 spiro atoms. The maximum absolute atomic E-state index is 10.6. The van der Waals surface area contributed by atoms with Crippen molar-refractivity contribution in [2.75, 3.05) is 6.61 Å². The first-order chi connectivity index (χ1) is 8.74. The van der Waals surface area contributed by atoms with Crippen LogP contribution in [0.2, 0.25) is 0 Å². The maximum Gasteiger partial charge on any atom is 0.377 e. The number of benzene rings is 1. The van der Waals surface area contributed by atoms with Crippen molar-refractivity contribution in [1.82, 2.24) is 10.1 Å². The fraction of sp³-hybridized carbons (Fsp3) is 0.182. The van der Waals surface area contributed by atoms with Gasteiger partial charge in [0.25, 0.3) is 11.7 Å². The van der Waals surface area contributed by atoms with E-state index in [1.165, 1.54) is 0 Å². The number of aromatic carboxylic acids is 1. The number of para-hydroxylation sites is 2. The molecule has 1 atom stereocenters. The van der Waals surface area contributed by atoms with Crippen molar-refractivity contribution >= 4 is 5.97 Å². The topological polar surface area (TPSA) is 94.7 Å². The summed E-state index contributed by atoms with van der Waals surface area (Å²) in [6, 6.07) is 7.16. The Kier molecular flexibility index (Phi) is 2.36. The molecular weight excluding hydrogens is 240 g/mol. The summed E-state index contributed by atoms with van der Waals surface area (Å²) in [5.74, 6) is -0.368. The van der Waals surface area contributed by atoms with Crippen LogP contribution in [0.25, 0.3) is 0 Å². The molecule has 0 fully saturated rings. The van der Waals surface area contributed by atoms with E-state index in [2.05, 4.69) is 10.1 Å². The predicted octanol–water partition coefficient (Wildman–Crippen LogP) is 1.28. The summed E-state index contributed by atoms with van der Waals surface area (Å²) in [4.78, 5) is 14.4. The molecule has 92 valence electrons. The number of carbonyl (C=O) groups is 1. The van der Waals surface area contributed by atoms with Gasteiger partial charge in [-0.25, -0.2) is 4.79 Å². The van der Waals surface area contributed by atoms with Crippen LogP contribution in [0.5, 0.6) is 11.5 Å². The Balaban J connectivity index is 1.85. The van der Waals surface area contributed by atoms with E-state index in [-0.39, 0.29) is 12.5 Å². The quantitative estimate of drug-likeness (QED) is 0.855. The van der Waals surface area contributed by atoms with Gasteiger partial charge in [-0.2, -0.15) is 4.98 Å². The van der Waals surface area contributed by atoms with Crippen LogP contribution in [0.4, 0.5) is 0 Å². The van der Waals surface area contributed by atoms with E-state index in [0.717, 1.165) is 0 Å². The average molecular weight is 248 g/mol. The fourth-order valence-electron chi connectivity index (χ4n) is 1.59. The highest BCUT2D eigenvalue weighted by Crippen LogP contribution is 2.35. The zero-order valence-corrected chi connectivity index (χ0v) is 9.07. The molecule has 1 aromatic carbocycles. The van der Waals surface area contributed by atoms with Crippen LogP contribution in [0.15, 0.2) is 28.8 Å². The van der Waals surface area contributed by atoms with Crippen LogP contribution in [-0.4, -0.2) is 27.8 Å². The SMILES string of the molecule is O=C(O)c1noc(C2COc3ccccc3O2)n1. The van der Waals surface area contributed by atoms with E-state index < -0.39 is 17.9 Å². The first kappa shape index (κ1) is 10.6. The summed E-state index contributed by atoms with van der Waals surface area (Å²) in [6.07, 6.45) is -0.597. The molecule has 1 aliphatic rings. The van der Waals surface area contributed by atoms with Gasteiger partial charge in [0.05, 0.1) is 0 Å². The first-order valence-corrected chi connectivity index (χ1v) is 5.19. The molecule has 1 unspecified atom stereocenters. The summed E-state index contributed by atoms with van der Waals surface area (Å²) < 4.78 is 15.9. The highest BCUT2D eigenvalue weighted by molar-refractivity contribution is 5.82. The smallest absolute Gasteiger partial charge is 0.377 e. The van der Waals surface area contributed by atoms with Gasteiger partial charge in [0.1, 0.15) is 6.61 Å². The predicted molar refractivity (Wildman–Crippen MR) is 56.6 cm³/mol. The number of rotatable bonds is 2. The molecule has 3 rings (SSSR count). The van der Waals surface area contributed by atoms with E-state index in [1.54, 1.807) is 18.2 Å². The minimum absolute atomic E-state index is 0.0851. The van der Waals surface area contributed by atoms with E-state index in [1.807, 2.05) is 6.07 Å². The van der Waals surface area contributed by atoms with E-state index >= 15 is 0 Å². The monoisotopic (exact) mass is 248 g/mol. The van der Waals surface area contributed by atoms with E-state index in [9.17, 15) is 4.79 Å². The van der Waals surface area contributed by atoms with Crippen LogP contribution in [0.1, 0.15) is 22.6 Å². The van der Waals surface area contributed by atoms with Gasteiger partial charge in [-0.1, -0.05) is 12.1 Å². The van der Waals surface area contributed by atoms with Crippen molar-refractivity contribution in [1.29, 1.82) is 0 Å². The van der Waals surface area contributed by atoms with E-state index in [4.69, 9.17) is 19.1 Å². The van der Waals surface area contributed by atoms with E-state index in [0.29, 0.717) is 11.5 Å². The van der Waals surface area contributed by atoms with Gasteiger partial charge in [0, 0.05) is 0 Å². The Bertz CT molecular complexity index is 595. The van der Waals surface area contributed by atoms with Crippen molar-refractivity contribution in [3.8, 4) is 11.5 Å². The summed E-state index contributed by atoms with van der Waals surface area (Å²) in [5.41, 5.74) is 0. The minimum atomic E-state index is -1.25. The normalized spacial score (nSPS) is 17.4. The van der Waals surface area contributed by atoms with Gasteiger partial charge in [0.2, 0.25) is 6.10 Å². The summed E-state index contributed by atoms with van der Waals surface area (Å²) >= 11 is 0. The number of aromatic nitrogens is 2. The summed E-state index contributed by atoms with van der Waals surface area (Å²) in [6.45, 7) is 0.193. The molecule has 0 radical (unpaired) electrons. The van der Waals surface area contributed by atoms with Crippen LogP contribution in [0, 0.1) is 0 Å². The van der Waals surface area contributed by atoms with Crippen LogP contribution in [0.3, 0.4) is 0 Å². The summed E-state index contributed by atoms with van der Waals surface area (Å²) in [7, 11) is 0. The minimum Gasteiger partial charge on any atom is -0.485 e. The largest absolute Gasteiger partial charge is 0.485 e. The lowest BCUT2D eigenvalue weighted by Crippen LogP contribution is -2.21. The third kappa shape index (κ3) is 1.75. The highest BCUT2D eigenvalue weighted by atomic mass is 16.6. The number of ether oxygens (including phenoxy) is 2. The lowest BCUT2D eigenvalue weighted by molar-refractivity contribution is 0.0662. The number of carboxylic acids is 1. The molecule has 18 heavy (non-hydrogen) atoms. The Morgan fingerprint density at radius 1 is 1.33 bits per heavy atom. The van der Waals surface area contributed by atoms with Gasteiger partial charge < -0.3 is 19.1 Å². The third-order valence-electron chi connectivity index (χ3n) is 2.42. The van der Waals surface area contributed by atoms with Crippen LogP contribution >= 0.6 is 0 Å². The van der Waals surface area contributed by atoms with Gasteiger partial charge >= 0.3 is 5.97 Å². The van der Waals surface area contributed by atoms with Crippen molar-refractivity contribution in [3.63, 3.8) is 0 Å². The van der Waals surface area contributed by atoms with Crippen molar-refractivity contribution in [2.24, 2.45) is 0 Å². The number of fused-ring (bicyclic) bond motifs is 1. The molecule has 0 bridgehead atoms. The first-order valence-electron chi connectivity index (χ1n) is 5.19. The molecule has 7 heteroatoms. The standard InChI is InChI=1S/C11H8N2O5/c14-11(15)9-12-10(18-13-9)8-5-16-6-3-1-2-4-7(6)17-8/h1-4,8H,5H2,(H,14,15). The number of hydrogen-bond acceptors (Lipinski definition) is 6. The molecule has 7 nitrogen and oxygen atoms in total. The van der Waals surface area contributed by atoms with Crippen molar-refractivity contribution in [3.05, 3.63) is 36.0 Å². The second kappa shape index (κ2) is 4.02. The van der Waals surface area contributed by atoms with Gasteiger partial charge in [-0.3, -0.25) is 0 Å². The Hall–Kier alpha value is -2.57. The third-order valence-corrected chi connectivity index (χ3v) is 2.42. The summed E-state index contributed by atoms with van der Waals surface area (Å²) in [5, 5.41) is 12.0. The van der Waals surface area contributed by atoms with Crippen LogP contribution < -0.4 is 9.47 Å². The Morgan fingerprint density at radius 3 is 2.83 bits per heavy atom. The molecule has 0 amide bonds. The molecule has 0 saturated heterocycles. The average Bonchev–Trinajstić information content (AvgIpc) is 2.88. The van der Waals surface area contributed by atoms with Gasteiger partial charge in [-0.15, -0.1) is 0 Å². The lowest BCUT2D eigenvalue weighted by Gasteiger charge is -2.23. The lowest BCUT2D eigenvalue weighted by atomic mass is 10.2. The number of carboxylic acid groups (broad SMARTS) is 1. The highest BCUT2D eigenvalue weighted by Gasteiger charge is 2.28. The van der Waals surface area contributed by atoms with Gasteiger partial charge in [-0.05, 0) is 17.3 Å². The molecule has 1 aliphatic heterocycles. The zero-order chi connectivity index (χ0) is 12.5. The molecule has 2 aromatic rings. The maximum atomic E-state index is 10.6. The molecule has 2 heterocycles. The molecule has 1 aromatic heterocycles. The Morgan fingerprint density at radius 2 is 2.11 bits per heavy atom. The number of nitrogens with zero attached hydrogens (tertiary/aromatic N) is 2. The zero-order valence-electron chi connectivity index (χ0n) is 9.07. The second-order valence-electron chi connectivity index (χ2n) is 3.63. The van der Waals surface area contributed by atoms with Crippen LogP contribution in [-0.2, 0) is 0 Å². The molecule has 0 aliphatic carbocycles. The fourth-order valence-corrected chi connectivity index (χ4v) is 1.59. The molecule has 0 saturated carbocycles. The molecular formula is C11H8N2O5. The van der Waals surface area contributed by atoms with Gasteiger partial charge in [0.15, 0.2) is 11.5 Å². The molecule has 1 N–H and O–H groups in total. The Labute approximate surface area is 101 Å². The van der Waals surface area contributed by atoms with Crippen molar-refractivity contribution < 1.29 is 23.9 Å². The second-order valence-corrected chi connectivity index (χ2v) is 3.63. The van der Waals surface area contributed by atoms with Crippen molar-refractivity contribution in [2.45, 2.75) is 6.10 Å². The number of hydrogen-bond donors (Lipinski definition) is 1.